The van der Waals surface area contributed by atoms with Crippen molar-refractivity contribution in [3.05, 3.63) is 12.4 Å². The summed E-state index contributed by atoms with van der Waals surface area (Å²) in [6.45, 7) is 9.89. The highest BCUT2D eigenvalue weighted by molar-refractivity contribution is 5.48. The maximum atomic E-state index is 5.88. The molecule has 5 heteroatoms. The van der Waals surface area contributed by atoms with E-state index in [1.165, 1.54) is 0 Å². The van der Waals surface area contributed by atoms with E-state index in [1.54, 1.807) is 12.4 Å². The number of nitrogens with zero attached hydrogens (tertiary/aromatic N) is 3. The highest BCUT2D eigenvalue weighted by atomic mass is 16.5. The smallest absolute Gasteiger partial charge is 0.257 e. The third-order valence-electron chi connectivity index (χ3n) is 3.08. The van der Waals surface area contributed by atoms with Crippen LogP contribution in [-0.4, -0.2) is 41.4 Å². The first-order valence-corrected chi connectivity index (χ1v) is 6.98. The summed E-state index contributed by atoms with van der Waals surface area (Å²) in [5.74, 6) is 1.44. The first-order valence-electron chi connectivity index (χ1n) is 6.98. The molecule has 0 aliphatic carbocycles. The lowest BCUT2D eigenvalue weighted by Crippen LogP contribution is -2.47. The molecule has 1 aliphatic heterocycles. The molecule has 0 amide bonds. The van der Waals surface area contributed by atoms with E-state index >= 15 is 0 Å². The summed E-state index contributed by atoms with van der Waals surface area (Å²) in [6.07, 6.45) is 4.93. The zero-order valence-electron chi connectivity index (χ0n) is 12.2. The topological polar surface area (TPSA) is 47.5 Å². The van der Waals surface area contributed by atoms with Gasteiger partial charge in [-0.2, -0.15) is 0 Å². The molecule has 2 rings (SSSR count). The van der Waals surface area contributed by atoms with Gasteiger partial charge in [0.15, 0.2) is 5.82 Å². The predicted molar refractivity (Wildman–Crippen MR) is 74.6 cm³/mol. The number of morpholine rings is 1. The Balaban J connectivity index is 2.20. The second-order valence-corrected chi connectivity index (χ2v) is 5.23. The molecule has 2 heterocycles. The van der Waals surface area contributed by atoms with Gasteiger partial charge in [-0.1, -0.05) is 6.92 Å². The molecule has 1 aromatic heterocycles. The van der Waals surface area contributed by atoms with Crippen molar-refractivity contribution in [1.82, 2.24) is 9.97 Å². The standard InChI is InChI=1S/C14H23N3O2/c1-5-12-9-17(8-11(4)19-12)13-14(18-10(2)3)16-7-6-15-13/h6-7,10-12H,5,8-9H2,1-4H3. The van der Waals surface area contributed by atoms with Gasteiger partial charge in [-0.3, -0.25) is 0 Å². The summed E-state index contributed by atoms with van der Waals surface area (Å²) in [5, 5.41) is 0. The van der Waals surface area contributed by atoms with Gasteiger partial charge in [0.1, 0.15) is 0 Å². The molecule has 2 unspecified atom stereocenters. The van der Waals surface area contributed by atoms with Gasteiger partial charge in [0.2, 0.25) is 0 Å². The van der Waals surface area contributed by atoms with Crippen molar-refractivity contribution in [2.24, 2.45) is 0 Å². The second-order valence-electron chi connectivity index (χ2n) is 5.23. The van der Waals surface area contributed by atoms with Gasteiger partial charge in [0.25, 0.3) is 5.88 Å². The van der Waals surface area contributed by atoms with E-state index in [2.05, 4.69) is 28.7 Å². The van der Waals surface area contributed by atoms with Crippen molar-refractivity contribution in [2.45, 2.75) is 52.4 Å². The molecule has 19 heavy (non-hydrogen) atoms. The minimum Gasteiger partial charge on any atom is -0.472 e. The van der Waals surface area contributed by atoms with Gasteiger partial charge < -0.3 is 14.4 Å². The van der Waals surface area contributed by atoms with Crippen molar-refractivity contribution in [1.29, 1.82) is 0 Å². The normalized spacial score (nSPS) is 23.7. The van der Waals surface area contributed by atoms with Crippen LogP contribution in [0.15, 0.2) is 12.4 Å². The fourth-order valence-corrected chi connectivity index (χ4v) is 2.28. The van der Waals surface area contributed by atoms with E-state index in [4.69, 9.17) is 9.47 Å². The third-order valence-corrected chi connectivity index (χ3v) is 3.08. The Morgan fingerprint density at radius 3 is 2.79 bits per heavy atom. The largest absolute Gasteiger partial charge is 0.472 e. The Kier molecular flexibility index (Phi) is 4.58. The van der Waals surface area contributed by atoms with Crippen LogP contribution in [0.1, 0.15) is 34.1 Å². The molecule has 0 N–H and O–H groups in total. The van der Waals surface area contributed by atoms with Gasteiger partial charge in [-0.15, -0.1) is 0 Å². The van der Waals surface area contributed by atoms with E-state index in [9.17, 15) is 0 Å². The summed E-state index contributed by atoms with van der Waals surface area (Å²) in [6, 6.07) is 0. The fraction of sp³-hybridized carbons (Fsp3) is 0.714. The van der Waals surface area contributed by atoms with Crippen LogP contribution < -0.4 is 9.64 Å². The number of aromatic nitrogens is 2. The van der Waals surface area contributed by atoms with Crippen LogP contribution in [0, 0.1) is 0 Å². The van der Waals surface area contributed by atoms with Crippen LogP contribution in [0.5, 0.6) is 5.88 Å². The fourth-order valence-electron chi connectivity index (χ4n) is 2.28. The molecular formula is C14H23N3O2. The Hall–Kier alpha value is -1.36. The van der Waals surface area contributed by atoms with Crippen LogP contribution in [-0.2, 0) is 4.74 Å². The third kappa shape index (κ3) is 3.56. The minimum absolute atomic E-state index is 0.0934. The first kappa shape index (κ1) is 14.1. The average Bonchev–Trinajstić information content (AvgIpc) is 2.38. The summed E-state index contributed by atoms with van der Waals surface area (Å²) in [4.78, 5) is 11.0. The quantitative estimate of drug-likeness (QED) is 0.835. The first-order chi connectivity index (χ1) is 9.10. The van der Waals surface area contributed by atoms with Gasteiger partial charge >= 0.3 is 0 Å². The van der Waals surface area contributed by atoms with Crippen molar-refractivity contribution >= 4 is 5.82 Å². The molecule has 0 spiro atoms. The van der Waals surface area contributed by atoms with E-state index in [0.29, 0.717) is 5.88 Å². The van der Waals surface area contributed by atoms with Gasteiger partial charge in [-0.25, -0.2) is 9.97 Å². The number of ether oxygens (including phenoxy) is 2. The lowest BCUT2D eigenvalue weighted by atomic mass is 10.2. The van der Waals surface area contributed by atoms with E-state index in [1.807, 2.05) is 13.8 Å². The van der Waals surface area contributed by atoms with Crippen LogP contribution in [0.4, 0.5) is 5.82 Å². The summed E-state index contributed by atoms with van der Waals surface area (Å²) < 4.78 is 11.6. The Bertz CT molecular complexity index is 411. The van der Waals surface area contributed by atoms with Crippen molar-refractivity contribution in [2.75, 3.05) is 18.0 Å². The number of hydrogen-bond donors (Lipinski definition) is 0. The predicted octanol–water partition coefficient (Wildman–Crippen LogP) is 2.27. The molecule has 2 atom stereocenters. The van der Waals surface area contributed by atoms with Gasteiger partial charge in [0, 0.05) is 25.5 Å². The maximum absolute atomic E-state index is 5.88. The molecule has 1 saturated heterocycles. The van der Waals surface area contributed by atoms with Crippen molar-refractivity contribution < 1.29 is 9.47 Å². The highest BCUT2D eigenvalue weighted by Gasteiger charge is 2.27. The Morgan fingerprint density at radius 2 is 2.11 bits per heavy atom. The van der Waals surface area contributed by atoms with Crippen LogP contribution in [0.2, 0.25) is 0 Å². The molecular weight excluding hydrogens is 242 g/mol. The zero-order chi connectivity index (χ0) is 13.8. The van der Waals surface area contributed by atoms with E-state index in [-0.39, 0.29) is 18.3 Å². The molecule has 106 valence electrons. The number of anilines is 1. The van der Waals surface area contributed by atoms with E-state index in [0.717, 1.165) is 25.3 Å². The SMILES string of the molecule is CCC1CN(c2nccnc2OC(C)C)CC(C)O1. The zero-order valence-corrected chi connectivity index (χ0v) is 12.2. The lowest BCUT2D eigenvalue weighted by Gasteiger charge is -2.37. The monoisotopic (exact) mass is 265 g/mol. The van der Waals surface area contributed by atoms with Crippen molar-refractivity contribution in [3.8, 4) is 5.88 Å². The minimum atomic E-state index is 0.0934. The van der Waals surface area contributed by atoms with Crippen molar-refractivity contribution in [3.63, 3.8) is 0 Å². The lowest BCUT2D eigenvalue weighted by molar-refractivity contribution is -0.0176. The number of rotatable bonds is 4. The second kappa shape index (κ2) is 6.19. The Morgan fingerprint density at radius 1 is 1.37 bits per heavy atom. The van der Waals surface area contributed by atoms with Crippen LogP contribution in [0.3, 0.4) is 0 Å². The van der Waals surface area contributed by atoms with Gasteiger partial charge in [0.05, 0.1) is 18.3 Å². The summed E-state index contributed by atoms with van der Waals surface area (Å²) in [5.41, 5.74) is 0. The van der Waals surface area contributed by atoms with Crippen LogP contribution in [0.25, 0.3) is 0 Å². The highest BCUT2D eigenvalue weighted by Crippen LogP contribution is 2.27. The molecule has 5 nitrogen and oxygen atoms in total. The van der Waals surface area contributed by atoms with Gasteiger partial charge in [-0.05, 0) is 27.2 Å². The summed E-state index contributed by atoms with van der Waals surface area (Å²) >= 11 is 0. The summed E-state index contributed by atoms with van der Waals surface area (Å²) in [7, 11) is 0. The Labute approximate surface area is 115 Å². The molecule has 1 aromatic rings. The molecule has 0 saturated carbocycles. The average molecular weight is 265 g/mol. The number of hydrogen-bond acceptors (Lipinski definition) is 5. The molecule has 0 radical (unpaired) electrons. The molecule has 1 fully saturated rings. The molecule has 1 aliphatic rings. The molecule has 0 aromatic carbocycles. The maximum Gasteiger partial charge on any atom is 0.257 e. The van der Waals surface area contributed by atoms with Crippen LogP contribution >= 0.6 is 0 Å². The molecule has 0 bridgehead atoms. The van der Waals surface area contributed by atoms with E-state index < -0.39 is 0 Å².